The first-order valence-electron chi connectivity index (χ1n) is 6.75. The molecule has 19 heavy (non-hydrogen) atoms. The van der Waals surface area contributed by atoms with Gasteiger partial charge in [0.05, 0.1) is 17.5 Å². The summed E-state index contributed by atoms with van der Waals surface area (Å²) in [5.41, 5.74) is 9.35. The van der Waals surface area contributed by atoms with E-state index in [1.54, 1.807) is 13.4 Å². The highest BCUT2D eigenvalue weighted by atomic mass is 16.5. The molecule has 0 radical (unpaired) electrons. The van der Waals surface area contributed by atoms with E-state index >= 15 is 0 Å². The van der Waals surface area contributed by atoms with Gasteiger partial charge in [0.15, 0.2) is 0 Å². The number of anilines is 1. The van der Waals surface area contributed by atoms with Crippen molar-refractivity contribution in [2.75, 3.05) is 12.8 Å². The number of nitrogens with zero attached hydrogens (tertiary/aromatic N) is 3. The van der Waals surface area contributed by atoms with Crippen LogP contribution in [0.15, 0.2) is 6.33 Å². The Labute approximate surface area is 112 Å². The minimum absolute atomic E-state index is 0.268. The molecular weight excluding hydrogens is 240 g/mol. The van der Waals surface area contributed by atoms with Crippen LogP contribution in [0.4, 0.5) is 5.82 Å². The second-order valence-corrected chi connectivity index (χ2v) is 5.31. The first-order valence-corrected chi connectivity index (χ1v) is 6.75. The Hall–Kier alpha value is -1.62. The zero-order valence-corrected chi connectivity index (χ0v) is 11.7. The summed E-state index contributed by atoms with van der Waals surface area (Å²) in [6, 6.07) is 0.357. The van der Waals surface area contributed by atoms with Gasteiger partial charge in [-0.25, -0.2) is 9.97 Å². The number of aryl methyl sites for hydroxylation is 1. The van der Waals surface area contributed by atoms with Crippen molar-refractivity contribution in [2.24, 2.45) is 0 Å². The Morgan fingerprint density at radius 2 is 2.11 bits per heavy atom. The van der Waals surface area contributed by atoms with Crippen molar-refractivity contribution in [2.45, 2.75) is 45.3 Å². The molecule has 1 saturated carbocycles. The van der Waals surface area contributed by atoms with Gasteiger partial charge in [0.25, 0.3) is 0 Å². The van der Waals surface area contributed by atoms with Gasteiger partial charge >= 0.3 is 0 Å². The van der Waals surface area contributed by atoms with Gasteiger partial charge in [0, 0.05) is 12.8 Å². The Bertz CT molecular complexity index is 619. The zero-order chi connectivity index (χ0) is 13.6. The van der Waals surface area contributed by atoms with E-state index in [9.17, 15) is 0 Å². The van der Waals surface area contributed by atoms with Gasteiger partial charge in [-0.3, -0.25) is 0 Å². The van der Waals surface area contributed by atoms with Crippen molar-refractivity contribution in [1.82, 2.24) is 14.5 Å². The average molecular weight is 260 g/mol. The molecule has 5 nitrogen and oxygen atoms in total. The molecule has 0 amide bonds. The lowest BCUT2D eigenvalue weighted by molar-refractivity contribution is 0.0756. The van der Waals surface area contributed by atoms with E-state index in [1.165, 1.54) is 17.7 Å². The number of hydrogen-bond donors (Lipinski definition) is 1. The number of hydrogen-bond acceptors (Lipinski definition) is 4. The van der Waals surface area contributed by atoms with Gasteiger partial charge in [-0.15, -0.1) is 0 Å². The maximum atomic E-state index is 6.01. The fourth-order valence-corrected chi connectivity index (χ4v) is 3.33. The fraction of sp³-hybridized carbons (Fsp3) is 0.571. The second kappa shape index (κ2) is 4.49. The van der Waals surface area contributed by atoms with Crippen LogP contribution < -0.4 is 5.73 Å². The van der Waals surface area contributed by atoms with Crippen molar-refractivity contribution < 1.29 is 4.74 Å². The SMILES string of the molecule is COC1CCCC1n1c(C)c(C)c2c(N)ncnc21. The molecule has 0 saturated heterocycles. The van der Waals surface area contributed by atoms with Gasteiger partial charge in [0.2, 0.25) is 0 Å². The second-order valence-electron chi connectivity index (χ2n) is 5.31. The van der Waals surface area contributed by atoms with Crippen molar-refractivity contribution >= 4 is 16.9 Å². The van der Waals surface area contributed by atoms with Crippen LogP contribution in [0.2, 0.25) is 0 Å². The smallest absolute Gasteiger partial charge is 0.146 e. The van der Waals surface area contributed by atoms with Gasteiger partial charge in [-0.05, 0) is 38.7 Å². The topological polar surface area (TPSA) is 66.0 Å². The number of fused-ring (bicyclic) bond motifs is 1. The highest BCUT2D eigenvalue weighted by molar-refractivity contribution is 5.90. The summed E-state index contributed by atoms with van der Waals surface area (Å²) in [4.78, 5) is 8.56. The number of ether oxygens (including phenoxy) is 1. The number of aromatic nitrogens is 3. The summed E-state index contributed by atoms with van der Waals surface area (Å²) in [5, 5.41) is 0.988. The number of rotatable bonds is 2. The molecule has 5 heteroatoms. The highest BCUT2D eigenvalue weighted by Crippen LogP contribution is 2.38. The molecule has 1 aliphatic rings. The van der Waals surface area contributed by atoms with Crippen molar-refractivity contribution in [3.05, 3.63) is 17.6 Å². The van der Waals surface area contributed by atoms with Crippen LogP contribution in [-0.2, 0) is 4.74 Å². The molecule has 1 aliphatic carbocycles. The Kier molecular flexibility index (Phi) is 2.93. The summed E-state index contributed by atoms with van der Waals surface area (Å²) in [5.74, 6) is 0.566. The summed E-state index contributed by atoms with van der Waals surface area (Å²) in [6.45, 7) is 4.21. The predicted molar refractivity (Wildman–Crippen MR) is 75.1 cm³/mol. The molecule has 1 fully saturated rings. The van der Waals surface area contributed by atoms with Crippen LogP contribution in [0.3, 0.4) is 0 Å². The fourth-order valence-electron chi connectivity index (χ4n) is 3.33. The van der Waals surface area contributed by atoms with Crippen LogP contribution in [0.1, 0.15) is 36.6 Å². The molecule has 2 N–H and O–H groups in total. The average Bonchev–Trinajstić information content (AvgIpc) is 2.95. The van der Waals surface area contributed by atoms with Gasteiger partial charge in [0.1, 0.15) is 17.8 Å². The van der Waals surface area contributed by atoms with Gasteiger partial charge in [-0.2, -0.15) is 0 Å². The van der Waals surface area contributed by atoms with E-state index in [2.05, 4.69) is 28.4 Å². The quantitative estimate of drug-likeness (QED) is 0.900. The first kappa shape index (κ1) is 12.4. The molecule has 3 rings (SSSR count). The molecule has 2 aromatic rings. The van der Waals surface area contributed by atoms with E-state index in [-0.39, 0.29) is 6.10 Å². The largest absolute Gasteiger partial charge is 0.383 e. The van der Waals surface area contributed by atoms with Crippen LogP contribution >= 0.6 is 0 Å². The molecule has 0 bridgehead atoms. The molecular formula is C14H20N4O. The molecule has 102 valence electrons. The normalized spacial score (nSPS) is 23.3. The molecule has 2 atom stereocenters. The number of nitrogen functional groups attached to an aromatic ring is 1. The summed E-state index contributed by atoms with van der Waals surface area (Å²) < 4.78 is 7.92. The van der Waals surface area contributed by atoms with Crippen molar-refractivity contribution in [3.63, 3.8) is 0 Å². The Balaban J connectivity index is 2.24. The van der Waals surface area contributed by atoms with E-state index in [0.29, 0.717) is 11.9 Å². The summed E-state index contributed by atoms with van der Waals surface area (Å²) in [7, 11) is 1.79. The molecule has 2 heterocycles. The van der Waals surface area contributed by atoms with Gasteiger partial charge < -0.3 is 15.0 Å². The number of methoxy groups -OCH3 is 1. The Morgan fingerprint density at radius 1 is 1.32 bits per heavy atom. The maximum Gasteiger partial charge on any atom is 0.146 e. The zero-order valence-electron chi connectivity index (χ0n) is 11.7. The molecule has 2 unspecified atom stereocenters. The van der Waals surface area contributed by atoms with Crippen LogP contribution in [0, 0.1) is 13.8 Å². The minimum atomic E-state index is 0.268. The number of nitrogens with two attached hydrogens (primary N) is 1. The third kappa shape index (κ3) is 1.72. The lowest BCUT2D eigenvalue weighted by Crippen LogP contribution is -2.21. The third-order valence-corrected chi connectivity index (χ3v) is 4.42. The van der Waals surface area contributed by atoms with E-state index in [0.717, 1.165) is 23.9 Å². The lowest BCUT2D eigenvalue weighted by Gasteiger charge is -2.22. The molecule has 0 aliphatic heterocycles. The molecule has 0 aromatic carbocycles. The molecule has 0 spiro atoms. The Morgan fingerprint density at radius 3 is 2.84 bits per heavy atom. The lowest BCUT2D eigenvalue weighted by atomic mass is 10.2. The van der Waals surface area contributed by atoms with Gasteiger partial charge in [-0.1, -0.05) is 0 Å². The monoisotopic (exact) mass is 260 g/mol. The minimum Gasteiger partial charge on any atom is -0.383 e. The first-order chi connectivity index (χ1) is 9.15. The van der Waals surface area contributed by atoms with Crippen molar-refractivity contribution in [3.8, 4) is 0 Å². The maximum absolute atomic E-state index is 6.01. The predicted octanol–water partition coefficient (Wildman–Crippen LogP) is 2.37. The molecule has 2 aromatic heterocycles. The standard InChI is InChI=1S/C14H20N4O/c1-8-9(2)18(10-5-4-6-11(10)19-3)14-12(8)13(15)16-7-17-14/h7,10-11H,4-6H2,1-3H3,(H2,15,16,17). The van der Waals surface area contributed by atoms with E-state index < -0.39 is 0 Å². The van der Waals surface area contributed by atoms with E-state index in [1.807, 2.05) is 0 Å². The summed E-state index contributed by atoms with van der Waals surface area (Å²) in [6.07, 6.45) is 5.25. The third-order valence-electron chi connectivity index (χ3n) is 4.42. The van der Waals surface area contributed by atoms with Crippen LogP contribution in [0.5, 0.6) is 0 Å². The van der Waals surface area contributed by atoms with Crippen molar-refractivity contribution in [1.29, 1.82) is 0 Å². The van der Waals surface area contributed by atoms with Crippen LogP contribution in [0.25, 0.3) is 11.0 Å². The van der Waals surface area contributed by atoms with E-state index in [4.69, 9.17) is 10.5 Å². The van der Waals surface area contributed by atoms with Crippen LogP contribution in [-0.4, -0.2) is 27.7 Å². The summed E-state index contributed by atoms with van der Waals surface area (Å²) >= 11 is 0. The highest BCUT2D eigenvalue weighted by Gasteiger charge is 2.31.